The van der Waals surface area contributed by atoms with Crippen LogP contribution in [0.3, 0.4) is 0 Å². The predicted molar refractivity (Wildman–Crippen MR) is 102 cm³/mol. The van der Waals surface area contributed by atoms with E-state index in [4.69, 9.17) is 11.6 Å². The number of hydrogen-bond acceptors (Lipinski definition) is 5. The third kappa shape index (κ3) is 3.68. The van der Waals surface area contributed by atoms with Crippen LogP contribution >= 0.6 is 11.6 Å². The van der Waals surface area contributed by atoms with Crippen LogP contribution in [0.15, 0.2) is 47.3 Å². The second-order valence-corrected chi connectivity index (χ2v) is 6.12. The molecule has 8 heteroatoms. The first-order valence-corrected chi connectivity index (χ1v) is 8.52. The fourth-order valence-electron chi connectivity index (χ4n) is 2.68. The van der Waals surface area contributed by atoms with Gasteiger partial charge in [0.15, 0.2) is 5.69 Å². The molecule has 0 fully saturated rings. The summed E-state index contributed by atoms with van der Waals surface area (Å²) in [5.41, 5.74) is 0.447. The molecule has 3 aromatic rings. The van der Waals surface area contributed by atoms with Crippen molar-refractivity contribution in [2.75, 3.05) is 12.4 Å². The molecule has 27 heavy (non-hydrogen) atoms. The maximum atomic E-state index is 12.7. The number of anilines is 1. The van der Waals surface area contributed by atoms with Gasteiger partial charge in [0.2, 0.25) is 5.43 Å². The number of nitrogens with zero attached hydrogens (tertiary/aromatic N) is 2. The highest BCUT2D eigenvalue weighted by molar-refractivity contribution is 6.31. The Hall–Kier alpha value is -3.19. The molecule has 0 unspecified atom stereocenters. The second-order valence-electron chi connectivity index (χ2n) is 5.68. The second kappa shape index (κ2) is 7.59. The van der Waals surface area contributed by atoms with Crippen LogP contribution in [0, 0.1) is 0 Å². The molecule has 0 aliphatic carbocycles. The molecular weight excluding hydrogens is 370 g/mol. The molecule has 138 valence electrons. The minimum absolute atomic E-state index is 0.255. The van der Waals surface area contributed by atoms with E-state index in [9.17, 15) is 14.4 Å². The molecule has 1 amide bonds. The van der Waals surface area contributed by atoms with Crippen LogP contribution in [0.1, 0.15) is 27.8 Å². The zero-order valence-corrected chi connectivity index (χ0v) is 15.4. The Morgan fingerprint density at radius 1 is 1.22 bits per heavy atom. The number of methoxy groups -OCH3 is 1. The number of nitrogens with one attached hydrogen (secondary N) is 1. The first-order valence-electron chi connectivity index (χ1n) is 8.14. The summed E-state index contributed by atoms with van der Waals surface area (Å²) in [5, 5.41) is 7.48. The monoisotopic (exact) mass is 385 g/mol. The summed E-state index contributed by atoms with van der Waals surface area (Å²) in [5.74, 6) is -1.20. The molecule has 0 aliphatic heterocycles. The van der Waals surface area contributed by atoms with E-state index in [2.05, 4.69) is 15.2 Å². The van der Waals surface area contributed by atoms with Gasteiger partial charge in [0.05, 0.1) is 23.6 Å². The van der Waals surface area contributed by atoms with Gasteiger partial charge in [-0.2, -0.15) is 5.10 Å². The van der Waals surface area contributed by atoms with E-state index < -0.39 is 17.3 Å². The first kappa shape index (κ1) is 18.6. The zero-order chi connectivity index (χ0) is 19.6. The van der Waals surface area contributed by atoms with Crippen LogP contribution in [0.5, 0.6) is 0 Å². The minimum atomic E-state index is -0.675. The standard InChI is InChI=1S/C19H16ClN3O4/c1-3-23-15-8-7-12(20)10-14(15)17(24)16(22-23)18(25)21-13-6-4-5-11(9-13)19(26)27-2/h4-10H,3H2,1-2H3,(H,21,25). The van der Waals surface area contributed by atoms with E-state index in [0.29, 0.717) is 28.2 Å². The molecule has 2 aromatic carbocycles. The lowest BCUT2D eigenvalue weighted by molar-refractivity contribution is 0.0600. The normalized spacial score (nSPS) is 10.6. The van der Waals surface area contributed by atoms with Crippen molar-refractivity contribution in [2.45, 2.75) is 13.5 Å². The van der Waals surface area contributed by atoms with E-state index in [0.717, 1.165) is 0 Å². The number of benzene rings is 2. The molecule has 0 bridgehead atoms. The molecule has 3 rings (SSSR count). The summed E-state index contributed by atoms with van der Waals surface area (Å²) in [7, 11) is 1.27. The van der Waals surface area contributed by atoms with Crippen molar-refractivity contribution in [3.05, 3.63) is 69.0 Å². The third-order valence-electron chi connectivity index (χ3n) is 3.97. The molecule has 0 aliphatic rings. The van der Waals surface area contributed by atoms with Gasteiger partial charge in [-0.25, -0.2) is 4.79 Å². The molecule has 0 atom stereocenters. The van der Waals surface area contributed by atoms with E-state index in [1.54, 1.807) is 35.0 Å². The van der Waals surface area contributed by atoms with E-state index >= 15 is 0 Å². The number of amides is 1. The van der Waals surface area contributed by atoms with Crippen molar-refractivity contribution >= 4 is 40.1 Å². The Morgan fingerprint density at radius 2 is 2.00 bits per heavy atom. The van der Waals surface area contributed by atoms with Crippen molar-refractivity contribution in [3.8, 4) is 0 Å². The van der Waals surface area contributed by atoms with Crippen LogP contribution in [-0.4, -0.2) is 28.8 Å². The summed E-state index contributed by atoms with van der Waals surface area (Å²) in [4.78, 5) is 37.0. The smallest absolute Gasteiger partial charge is 0.337 e. The number of fused-ring (bicyclic) bond motifs is 1. The summed E-state index contributed by atoms with van der Waals surface area (Å²) in [6.07, 6.45) is 0. The summed E-state index contributed by atoms with van der Waals surface area (Å²) in [6, 6.07) is 11.1. The number of aryl methyl sites for hydroxylation is 1. The lowest BCUT2D eigenvalue weighted by Gasteiger charge is -2.11. The highest BCUT2D eigenvalue weighted by atomic mass is 35.5. The largest absolute Gasteiger partial charge is 0.465 e. The highest BCUT2D eigenvalue weighted by Gasteiger charge is 2.18. The van der Waals surface area contributed by atoms with Gasteiger partial charge in [-0.15, -0.1) is 0 Å². The Balaban J connectivity index is 2.02. The first-order chi connectivity index (χ1) is 12.9. The van der Waals surface area contributed by atoms with Gasteiger partial charge in [0.25, 0.3) is 5.91 Å². The fourth-order valence-corrected chi connectivity index (χ4v) is 2.86. The van der Waals surface area contributed by atoms with Crippen LogP contribution < -0.4 is 10.7 Å². The van der Waals surface area contributed by atoms with Gasteiger partial charge in [0, 0.05) is 17.3 Å². The maximum Gasteiger partial charge on any atom is 0.337 e. The van der Waals surface area contributed by atoms with Crippen LogP contribution in [0.2, 0.25) is 5.02 Å². The van der Waals surface area contributed by atoms with Crippen LogP contribution in [0.25, 0.3) is 10.9 Å². The fraction of sp³-hybridized carbons (Fsp3) is 0.158. The lowest BCUT2D eigenvalue weighted by Crippen LogP contribution is -2.27. The van der Waals surface area contributed by atoms with E-state index in [-0.39, 0.29) is 11.3 Å². The zero-order valence-electron chi connectivity index (χ0n) is 14.7. The van der Waals surface area contributed by atoms with Crippen molar-refractivity contribution in [1.29, 1.82) is 0 Å². The summed E-state index contributed by atoms with van der Waals surface area (Å²) < 4.78 is 6.22. The molecule has 0 saturated heterocycles. The predicted octanol–water partition coefficient (Wildman–Crippen LogP) is 3.11. The molecule has 0 radical (unpaired) electrons. The Labute approximate surface area is 159 Å². The average molecular weight is 386 g/mol. The number of aromatic nitrogens is 2. The number of carbonyl (C=O) groups is 2. The molecule has 1 N–H and O–H groups in total. The Morgan fingerprint density at radius 3 is 2.70 bits per heavy atom. The van der Waals surface area contributed by atoms with Crippen LogP contribution in [-0.2, 0) is 11.3 Å². The van der Waals surface area contributed by atoms with Crippen LogP contribution in [0.4, 0.5) is 5.69 Å². The van der Waals surface area contributed by atoms with Gasteiger partial charge in [-0.3, -0.25) is 14.3 Å². The average Bonchev–Trinajstić information content (AvgIpc) is 2.68. The maximum absolute atomic E-state index is 12.7. The molecule has 0 spiro atoms. The van der Waals surface area contributed by atoms with Crippen molar-refractivity contribution < 1.29 is 14.3 Å². The number of halogens is 1. The van der Waals surface area contributed by atoms with Gasteiger partial charge in [-0.1, -0.05) is 17.7 Å². The molecule has 0 saturated carbocycles. The number of ether oxygens (including phenoxy) is 1. The van der Waals surface area contributed by atoms with Crippen molar-refractivity contribution in [1.82, 2.24) is 9.78 Å². The third-order valence-corrected chi connectivity index (χ3v) is 4.21. The highest BCUT2D eigenvalue weighted by Crippen LogP contribution is 2.17. The Bertz CT molecular complexity index is 1110. The SMILES string of the molecule is CCn1nc(C(=O)Nc2cccc(C(=O)OC)c2)c(=O)c2cc(Cl)ccc21. The summed E-state index contributed by atoms with van der Waals surface area (Å²) in [6.45, 7) is 2.32. The quantitative estimate of drug-likeness (QED) is 0.697. The Kier molecular flexibility index (Phi) is 5.23. The van der Waals surface area contributed by atoms with E-state index in [1.807, 2.05) is 6.92 Å². The molecule has 7 nitrogen and oxygen atoms in total. The molecular formula is C19H16ClN3O4. The molecule has 1 aromatic heterocycles. The minimum Gasteiger partial charge on any atom is -0.465 e. The van der Waals surface area contributed by atoms with Gasteiger partial charge < -0.3 is 10.1 Å². The number of hydrogen-bond donors (Lipinski definition) is 1. The van der Waals surface area contributed by atoms with E-state index in [1.165, 1.54) is 19.2 Å². The summed E-state index contributed by atoms with van der Waals surface area (Å²) >= 11 is 6.00. The lowest BCUT2D eigenvalue weighted by atomic mass is 10.1. The van der Waals surface area contributed by atoms with Crippen molar-refractivity contribution in [2.24, 2.45) is 0 Å². The van der Waals surface area contributed by atoms with Gasteiger partial charge in [-0.05, 0) is 43.3 Å². The molecule has 1 heterocycles. The number of rotatable bonds is 4. The van der Waals surface area contributed by atoms with Gasteiger partial charge in [0.1, 0.15) is 0 Å². The topological polar surface area (TPSA) is 90.3 Å². The van der Waals surface area contributed by atoms with Gasteiger partial charge >= 0.3 is 5.97 Å². The number of carbonyl (C=O) groups excluding carboxylic acids is 2. The van der Waals surface area contributed by atoms with Crippen molar-refractivity contribution in [3.63, 3.8) is 0 Å². The number of esters is 1.